The van der Waals surface area contributed by atoms with Crippen molar-refractivity contribution < 1.29 is 23.9 Å². The molecule has 0 bridgehead atoms. The van der Waals surface area contributed by atoms with Crippen molar-refractivity contribution in [2.75, 3.05) is 7.11 Å². The number of ether oxygens (including phenoxy) is 2. The molecule has 1 aliphatic rings. The molecule has 6 nitrogen and oxygen atoms in total. The molecule has 4 rings (SSSR count). The Morgan fingerprint density at radius 3 is 2.10 bits per heavy atom. The fourth-order valence-electron chi connectivity index (χ4n) is 4.82. The van der Waals surface area contributed by atoms with Crippen LogP contribution >= 0.6 is 0 Å². The lowest BCUT2D eigenvalue weighted by molar-refractivity contribution is -0.141. The van der Waals surface area contributed by atoms with Crippen molar-refractivity contribution in [3.63, 3.8) is 0 Å². The molecule has 1 heterocycles. The van der Waals surface area contributed by atoms with Gasteiger partial charge in [-0.3, -0.25) is 4.79 Å². The van der Waals surface area contributed by atoms with Crippen LogP contribution in [0.25, 0.3) is 0 Å². The Hall–Kier alpha value is -4.19. The highest BCUT2D eigenvalue weighted by Gasteiger charge is 2.37. The van der Waals surface area contributed by atoms with E-state index in [-0.39, 0.29) is 30.9 Å². The summed E-state index contributed by atoms with van der Waals surface area (Å²) in [6.07, 6.45) is 0.155. The summed E-state index contributed by atoms with van der Waals surface area (Å²) in [6, 6.07) is 24.6. The number of esters is 2. The van der Waals surface area contributed by atoms with Gasteiger partial charge in [0.15, 0.2) is 0 Å². The fraction of sp³-hybridized carbons (Fsp3) is 0.303. The van der Waals surface area contributed by atoms with Crippen LogP contribution in [0.2, 0.25) is 0 Å². The van der Waals surface area contributed by atoms with Gasteiger partial charge in [0.2, 0.25) is 5.91 Å². The van der Waals surface area contributed by atoms with Crippen molar-refractivity contribution in [2.24, 2.45) is 0 Å². The topological polar surface area (TPSA) is 72.9 Å². The first-order valence-electron chi connectivity index (χ1n) is 13.1. The first-order chi connectivity index (χ1) is 18.6. The summed E-state index contributed by atoms with van der Waals surface area (Å²) in [4.78, 5) is 40.5. The van der Waals surface area contributed by atoms with Gasteiger partial charge in [0.05, 0.1) is 24.8 Å². The summed E-state index contributed by atoms with van der Waals surface area (Å²) >= 11 is 0. The van der Waals surface area contributed by atoms with E-state index in [2.05, 4.69) is 32.9 Å². The molecule has 1 unspecified atom stereocenters. The molecular weight excluding hydrogens is 490 g/mol. The number of allylic oxidation sites excluding steroid dienone is 1. The van der Waals surface area contributed by atoms with Gasteiger partial charge < -0.3 is 14.4 Å². The van der Waals surface area contributed by atoms with Crippen LogP contribution in [0, 0.1) is 0 Å². The predicted octanol–water partition coefficient (Wildman–Crippen LogP) is 6.30. The molecule has 0 aliphatic carbocycles. The van der Waals surface area contributed by atoms with E-state index in [1.54, 1.807) is 36.1 Å². The lowest BCUT2D eigenvalue weighted by Crippen LogP contribution is -2.38. The van der Waals surface area contributed by atoms with Gasteiger partial charge in [0, 0.05) is 18.0 Å². The van der Waals surface area contributed by atoms with Crippen LogP contribution in [0.5, 0.6) is 0 Å². The van der Waals surface area contributed by atoms with Gasteiger partial charge in [-0.1, -0.05) is 87.5 Å². The van der Waals surface area contributed by atoms with Gasteiger partial charge in [0.25, 0.3) is 0 Å². The zero-order valence-electron chi connectivity index (χ0n) is 23.2. The molecule has 0 N–H and O–H groups in total. The minimum atomic E-state index is -0.431. The molecule has 3 aromatic rings. The van der Waals surface area contributed by atoms with Crippen LogP contribution < -0.4 is 0 Å². The summed E-state index contributed by atoms with van der Waals surface area (Å²) < 4.78 is 10.5. The van der Waals surface area contributed by atoms with E-state index < -0.39 is 17.9 Å². The van der Waals surface area contributed by atoms with Crippen LogP contribution in [0.4, 0.5) is 0 Å². The lowest BCUT2D eigenvalue weighted by Gasteiger charge is -2.35. The molecule has 0 spiro atoms. The number of hydrogen-bond acceptors (Lipinski definition) is 5. The highest BCUT2D eigenvalue weighted by atomic mass is 16.5. The number of carbonyl (C=O) groups excluding carboxylic acids is 3. The van der Waals surface area contributed by atoms with Crippen molar-refractivity contribution in [2.45, 2.75) is 58.6 Å². The summed E-state index contributed by atoms with van der Waals surface area (Å²) in [5.74, 6) is -1.34. The summed E-state index contributed by atoms with van der Waals surface area (Å²) in [5, 5.41) is 0. The standard InChI is InChI=1S/C33H35NO5/c1-22-30(32(37)39-21-24-9-7-6-8-10-24)28(25-15-17-27(18-16-25)33(2,3)4)19-29(35)34(22)20-23-11-13-26(14-12-23)31(36)38-5/h6-18,28H,19-21H2,1-5H3. The highest BCUT2D eigenvalue weighted by molar-refractivity contribution is 5.96. The number of benzene rings is 3. The van der Waals surface area contributed by atoms with Gasteiger partial charge >= 0.3 is 11.9 Å². The van der Waals surface area contributed by atoms with E-state index in [0.717, 1.165) is 16.7 Å². The van der Waals surface area contributed by atoms with E-state index in [4.69, 9.17) is 9.47 Å². The molecule has 0 fully saturated rings. The van der Waals surface area contributed by atoms with E-state index >= 15 is 0 Å². The second kappa shape index (κ2) is 11.7. The summed E-state index contributed by atoms with van der Waals surface area (Å²) in [6.45, 7) is 8.68. The minimum Gasteiger partial charge on any atom is -0.465 e. The minimum absolute atomic E-state index is 0.00959. The van der Waals surface area contributed by atoms with Crippen molar-refractivity contribution >= 4 is 17.8 Å². The molecule has 6 heteroatoms. The van der Waals surface area contributed by atoms with Crippen molar-refractivity contribution in [3.05, 3.63) is 118 Å². The molecule has 0 saturated carbocycles. The number of hydrogen-bond donors (Lipinski definition) is 0. The number of nitrogens with zero attached hydrogens (tertiary/aromatic N) is 1. The van der Waals surface area contributed by atoms with Crippen molar-refractivity contribution in [3.8, 4) is 0 Å². The maximum absolute atomic E-state index is 13.6. The van der Waals surface area contributed by atoms with Crippen LogP contribution in [-0.2, 0) is 37.6 Å². The Morgan fingerprint density at radius 1 is 0.872 bits per heavy atom. The van der Waals surface area contributed by atoms with Crippen LogP contribution in [-0.4, -0.2) is 29.9 Å². The molecule has 0 radical (unpaired) electrons. The van der Waals surface area contributed by atoms with Crippen LogP contribution in [0.1, 0.15) is 72.6 Å². The lowest BCUT2D eigenvalue weighted by atomic mass is 9.81. The predicted molar refractivity (Wildman–Crippen MR) is 150 cm³/mol. The molecule has 0 saturated heterocycles. The van der Waals surface area contributed by atoms with Crippen molar-refractivity contribution in [1.29, 1.82) is 0 Å². The Balaban J connectivity index is 1.67. The Morgan fingerprint density at radius 2 is 1.51 bits per heavy atom. The van der Waals surface area contributed by atoms with Gasteiger partial charge in [0.1, 0.15) is 6.61 Å². The maximum Gasteiger partial charge on any atom is 0.337 e. The maximum atomic E-state index is 13.6. The summed E-state index contributed by atoms with van der Waals surface area (Å²) in [7, 11) is 1.34. The van der Waals surface area contributed by atoms with E-state index in [1.807, 2.05) is 42.5 Å². The first kappa shape index (κ1) is 27.8. The molecule has 1 aliphatic heterocycles. The smallest absolute Gasteiger partial charge is 0.337 e. The molecule has 3 aromatic carbocycles. The second-order valence-corrected chi connectivity index (χ2v) is 10.9. The number of amides is 1. The second-order valence-electron chi connectivity index (χ2n) is 10.9. The normalized spacial score (nSPS) is 15.8. The average molecular weight is 526 g/mol. The monoisotopic (exact) mass is 525 g/mol. The number of carbonyl (C=O) groups is 3. The van der Waals surface area contributed by atoms with E-state index in [1.165, 1.54) is 12.7 Å². The first-order valence-corrected chi connectivity index (χ1v) is 13.1. The molecule has 1 atom stereocenters. The molecular formula is C33H35NO5. The fourth-order valence-corrected chi connectivity index (χ4v) is 4.82. The largest absolute Gasteiger partial charge is 0.465 e. The van der Waals surface area contributed by atoms with Gasteiger partial charge in [-0.2, -0.15) is 0 Å². The van der Waals surface area contributed by atoms with Gasteiger partial charge in [-0.25, -0.2) is 9.59 Å². The summed E-state index contributed by atoms with van der Waals surface area (Å²) in [5.41, 5.74) is 5.30. The van der Waals surface area contributed by atoms with E-state index in [0.29, 0.717) is 16.8 Å². The third-order valence-electron chi connectivity index (χ3n) is 7.15. The Bertz CT molecular complexity index is 1370. The Labute approximate surface area is 230 Å². The van der Waals surface area contributed by atoms with E-state index in [9.17, 15) is 14.4 Å². The molecule has 0 aromatic heterocycles. The van der Waals surface area contributed by atoms with Gasteiger partial charge in [-0.05, 0) is 46.7 Å². The highest BCUT2D eigenvalue weighted by Crippen LogP contribution is 2.38. The average Bonchev–Trinajstić information content (AvgIpc) is 2.93. The van der Waals surface area contributed by atoms with Crippen LogP contribution in [0.15, 0.2) is 90.1 Å². The number of rotatable bonds is 7. The van der Waals surface area contributed by atoms with Crippen LogP contribution in [0.3, 0.4) is 0 Å². The zero-order valence-corrected chi connectivity index (χ0v) is 23.2. The van der Waals surface area contributed by atoms with Crippen molar-refractivity contribution in [1.82, 2.24) is 4.90 Å². The molecule has 1 amide bonds. The zero-order chi connectivity index (χ0) is 28.2. The quantitative estimate of drug-likeness (QED) is 0.338. The Kier molecular flexibility index (Phi) is 8.34. The third kappa shape index (κ3) is 6.45. The molecule has 39 heavy (non-hydrogen) atoms. The SMILES string of the molecule is COC(=O)c1ccc(CN2C(=O)CC(c3ccc(C(C)(C)C)cc3)C(C(=O)OCc3ccccc3)=C2C)cc1. The van der Waals surface area contributed by atoms with Gasteiger partial charge in [-0.15, -0.1) is 0 Å². The number of methoxy groups -OCH3 is 1. The third-order valence-corrected chi connectivity index (χ3v) is 7.15. The molecule has 202 valence electrons.